The summed E-state index contributed by atoms with van der Waals surface area (Å²) in [5.74, 6) is 1.21. The maximum atomic E-state index is 6.12. The summed E-state index contributed by atoms with van der Waals surface area (Å²) < 4.78 is 11.0. The molecule has 0 aliphatic heterocycles. The predicted octanol–water partition coefficient (Wildman–Crippen LogP) is 3.52. The number of aromatic nitrogens is 2. The zero-order valence-corrected chi connectivity index (χ0v) is 12.4. The fraction of sp³-hybridized carbons (Fsp3) is 0.286. The summed E-state index contributed by atoms with van der Waals surface area (Å²) in [6.45, 7) is 6.15. The molecule has 0 bridgehead atoms. The van der Waals surface area contributed by atoms with Gasteiger partial charge in [0, 0.05) is 5.02 Å². The van der Waals surface area contributed by atoms with Crippen molar-refractivity contribution in [2.45, 2.75) is 20.8 Å². The molecule has 2 aromatic rings. The van der Waals surface area contributed by atoms with Gasteiger partial charge in [0.05, 0.1) is 6.61 Å². The van der Waals surface area contributed by atoms with Gasteiger partial charge in [-0.2, -0.15) is 9.97 Å². The molecule has 5 nitrogen and oxygen atoms in total. The quantitative estimate of drug-likeness (QED) is 0.934. The minimum Gasteiger partial charge on any atom is -0.476 e. The monoisotopic (exact) mass is 293 g/mol. The van der Waals surface area contributed by atoms with Gasteiger partial charge in [0.15, 0.2) is 5.69 Å². The second-order valence-electron chi connectivity index (χ2n) is 4.30. The third-order valence-corrected chi connectivity index (χ3v) is 3.31. The van der Waals surface area contributed by atoms with E-state index in [2.05, 4.69) is 9.97 Å². The van der Waals surface area contributed by atoms with Crippen LogP contribution >= 0.6 is 11.6 Å². The fourth-order valence-corrected chi connectivity index (χ4v) is 1.88. The smallest absolute Gasteiger partial charge is 0.249 e. The van der Waals surface area contributed by atoms with Crippen LogP contribution < -0.4 is 15.2 Å². The first-order valence-electron chi connectivity index (χ1n) is 6.20. The lowest BCUT2D eigenvalue weighted by Crippen LogP contribution is -2.03. The molecular weight excluding hydrogens is 278 g/mol. The van der Waals surface area contributed by atoms with Crippen molar-refractivity contribution in [3.8, 4) is 17.5 Å². The van der Waals surface area contributed by atoms with E-state index in [1.807, 2.05) is 32.9 Å². The molecule has 0 aliphatic rings. The third-order valence-electron chi connectivity index (χ3n) is 2.72. The molecule has 0 amide bonds. The molecule has 0 unspecified atom stereocenters. The Balaban J connectivity index is 2.33. The number of nitrogen functional groups attached to an aromatic ring is 1. The van der Waals surface area contributed by atoms with Crippen LogP contribution in [0.1, 0.15) is 18.1 Å². The molecule has 2 N–H and O–H groups in total. The Bertz CT molecular complexity index is 609. The largest absolute Gasteiger partial charge is 0.476 e. The molecule has 0 atom stereocenters. The first-order valence-corrected chi connectivity index (χ1v) is 6.58. The second-order valence-corrected chi connectivity index (χ2v) is 4.68. The van der Waals surface area contributed by atoms with Gasteiger partial charge in [-0.1, -0.05) is 11.6 Å². The molecule has 20 heavy (non-hydrogen) atoms. The molecule has 0 saturated heterocycles. The van der Waals surface area contributed by atoms with Crippen molar-refractivity contribution in [2.24, 2.45) is 0 Å². The van der Waals surface area contributed by atoms with E-state index in [0.29, 0.717) is 18.2 Å². The van der Waals surface area contributed by atoms with Crippen LogP contribution in [-0.2, 0) is 0 Å². The number of benzene rings is 1. The van der Waals surface area contributed by atoms with Crippen LogP contribution in [0.25, 0.3) is 0 Å². The van der Waals surface area contributed by atoms with Crippen LogP contribution in [0.5, 0.6) is 17.5 Å². The lowest BCUT2D eigenvalue weighted by Gasteiger charge is -2.12. The summed E-state index contributed by atoms with van der Waals surface area (Å²) in [6.07, 6.45) is 1.35. The molecule has 0 saturated carbocycles. The van der Waals surface area contributed by atoms with Crippen molar-refractivity contribution in [3.05, 3.63) is 34.6 Å². The minimum absolute atomic E-state index is 0.268. The summed E-state index contributed by atoms with van der Waals surface area (Å²) in [5, 5.41) is 0.725. The van der Waals surface area contributed by atoms with Gasteiger partial charge in [0.25, 0.3) is 0 Å². The molecule has 6 heteroatoms. The highest BCUT2D eigenvalue weighted by atomic mass is 35.5. The number of rotatable bonds is 4. The lowest BCUT2D eigenvalue weighted by molar-refractivity contribution is 0.325. The topological polar surface area (TPSA) is 70.3 Å². The SMILES string of the molecule is CCOc1ncnc(Oc2cc(C)c(Cl)c(C)c2)c1N. The Hall–Kier alpha value is -2.01. The number of hydrogen-bond acceptors (Lipinski definition) is 5. The minimum atomic E-state index is 0.268. The van der Waals surface area contributed by atoms with Crippen molar-refractivity contribution in [1.29, 1.82) is 0 Å². The Morgan fingerprint density at radius 3 is 2.35 bits per heavy atom. The van der Waals surface area contributed by atoms with E-state index in [0.717, 1.165) is 16.1 Å². The van der Waals surface area contributed by atoms with Gasteiger partial charge in [0.2, 0.25) is 11.8 Å². The number of nitrogens with zero attached hydrogens (tertiary/aromatic N) is 2. The van der Waals surface area contributed by atoms with Gasteiger partial charge in [0.1, 0.15) is 12.1 Å². The van der Waals surface area contributed by atoms with E-state index < -0.39 is 0 Å². The number of halogens is 1. The molecule has 106 valence electrons. The Kier molecular flexibility index (Phi) is 4.29. The highest BCUT2D eigenvalue weighted by Crippen LogP contribution is 2.33. The average molecular weight is 294 g/mol. The summed E-state index contributed by atoms with van der Waals surface area (Å²) in [6, 6.07) is 3.66. The van der Waals surface area contributed by atoms with Crippen LogP contribution in [0.15, 0.2) is 18.5 Å². The average Bonchev–Trinajstić information content (AvgIpc) is 2.41. The van der Waals surface area contributed by atoms with Gasteiger partial charge in [-0.3, -0.25) is 0 Å². The Labute approximate surface area is 122 Å². The number of aryl methyl sites for hydroxylation is 2. The van der Waals surface area contributed by atoms with Crippen LogP contribution in [0.2, 0.25) is 5.02 Å². The van der Waals surface area contributed by atoms with Crippen LogP contribution in [-0.4, -0.2) is 16.6 Å². The van der Waals surface area contributed by atoms with Crippen LogP contribution in [0.3, 0.4) is 0 Å². The first-order chi connectivity index (χ1) is 9.52. The van der Waals surface area contributed by atoms with Gasteiger partial charge < -0.3 is 15.2 Å². The lowest BCUT2D eigenvalue weighted by atomic mass is 10.1. The zero-order valence-electron chi connectivity index (χ0n) is 11.6. The summed E-state index contributed by atoms with van der Waals surface area (Å²) in [5.41, 5.74) is 8.06. The summed E-state index contributed by atoms with van der Waals surface area (Å²) in [4.78, 5) is 7.99. The molecule has 0 fully saturated rings. The number of ether oxygens (including phenoxy) is 2. The van der Waals surface area contributed by atoms with Gasteiger partial charge in [-0.15, -0.1) is 0 Å². The first kappa shape index (κ1) is 14.4. The standard InChI is InChI=1S/C14H16ClN3O2/c1-4-19-13-12(16)14(18-7-17-13)20-10-5-8(2)11(15)9(3)6-10/h5-7H,4,16H2,1-3H3. The number of nitrogens with two attached hydrogens (primary N) is 1. The van der Waals surface area contributed by atoms with E-state index in [-0.39, 0.29) is 11.6 Å². The van der Waals surface area contributed by atoms with Gasteiger partial charge in [-0.05, 0) is 44.0 Å². The number of anilines is 1. The van der Waals surface area contributed by atoms with E-state index in [1.165, 1.54) is 6.33 Å². The second kappa shape index (κ2) is 5.96. The Morgan fingerprint density at radius 2 is 1.75 bits per heavy atom. The molecular formula is C14H16ClN3O2. The summed E-state index contributed by atoms with van der Waals surface area (Å²) >= 11 is 6.12. The zero-order chi connectivity index (χ0) is 14.7. The van der Waals surface area contributed by atoms with E-state index in [9.17, 15) is 0 Å². The highest BCUT2D eigenvalue weighted by Gasteiger charge is 2.12. The van der Waals surface area contributed by atoms with Gasteiger partial charge >= 0.3 is 0 Å². The van der Waals surface area contributed by atoms with E-state index >= 15 is 0 Å². The molecule has 1 aromatic heterocycles. The van der Waals surface area contributed by atoms with E-state index in [4.69, 9.17) is 26.8 Å². The molecule has 0 radical (unpaired) electrons. The van der Waals surface area contributed by atoms with Crippen molar-refractivity contribution < 1.29 is 9.47 Å². The maximum Gasteiger partial charge on any atom is 0.249 e. The van der Waals surface area contributed by atoms with E-state index in [1.54, 1.807) is 0 Å². The number of hydrogen-bond donors (Lipinski definition) is 1. The maximum absolute atomic E-state index is 6.12. The van der Waals surface area contributed by atoms with Crippen molar-refractivity contribution >= 4 is 17.3 Å². The molecule has 0 spiro atoms. The van der Waals surface area contributed by atoms with Crippen molar-refractivity contribution in [3.63, 3.8) is 0 Å². The van der Waals surface area contributed by atoms with Crippen molar-refractivity contribution in [2.75, 3.05) is 12.3 Å². The normalized spacial score (nSPS) is 10.4. The van der Waals surface area contributed by atoms with Crippen LogP contribution in [0.4, 0.5) is 5.69 Å². The molecule has 1 aromatic carbocycles. The predicted molar refractivity (Wildman–Crippen MR) is 78.6 cm³/mol. The fourth-order valence-electron chi connectivity index (χ4n) is 1.77. The highest BCUT2D eigenvalue weighted by molar-refractivity contribution is 6.32. The van der Waals surface area contributed by atoms with Gasteiger partial charge in [-0.25, -0.2) is 0 Å². The molecule has 1 heterocycles. The molecule has 0 aliphatic carbocycles. The Morgan fingerprint density at radius 1 is 1.15 bits per heavy atom. The van der Waals surface area contributed by atoms with Crippen molar-refractivity contribution in [1.82, 2.24) is 9.97 Å². The molecule has 2 rings (SSSR count). The third kappa shape index (κ3) is 2.93. The van der Waals surface area contributed by atoms with Crippen LogP contribution in [0, 0.1) is 13.8 Å². The summed E-state index contributed by atoms with van der Waals surface area (Å²) in [7, 11) is 0.